The number of benzene rings is 1. The van der Waals surface area contributed by atoms with Crippen molar-refractivity contribution in [2.45, 2.75) is 11.8 Å². The minimum absolute atomic E-state index is 0.601. The monoisotopic (exact) mass is 249 g/mol. The van der Waals surface area contributed by atoms with E-state index in [1.807, 2.05) is 19.1 Å². The summed E-state index contributed by atoms with van der Waals surface area (Å²) in [6.45, 7) is 2.60. The lowest BCUT2D eigenvalue weighted by Gasteiger charge is -2.06. The maximum Gasteiger partial charge on any atom is 0.149 e. The van der Waals surface area contributed by atoms with E-state index in [1.54, 1.807) is 12.1 Å². The van der Waals surface area contributed by atoms with E-state index in [4.69, 9.17) is 34.8 Å². The van der Waals surface area contributed by atoms with Crippen molar-refractivity contribution in [1.82, 2.24) is 0 Å². The Morgan fingerprint density at radius 1 is 1.29 bits per heavy atom. The molecule has 0 saturated heterocycles. The molecule has 0 aromatic heterocycles. The van der Waals surface area contributed by atoms with Crippen molar-refractivity contribution in [3.63, 3.8) is 0 Å². The first-order valence-electron chi connectivity index (χ1n) is 4.23. The van der Waals surface area contributed by atoms with Crippen LogP contribution in [0.4, 0.5) is 0 Å². The van der Waals surface area contributed by atoms with Gasteiger partial charge in [-0.1, -0.05) is 46.9 Å². The van der Waals surface area contributed by atoms with Crippen LogP contribution in [0.15, 0.2) is 29.3 Å². The molecule has 0 aliphatic carbocycles. The first kappa shape index (κ1) is 11.8. The number of alkyl halides is 2. The third-order valence-corrected chi connectivity index (χ3v) is 2.34. The highest BCUT2D eigenvalue weighted by Gasteiger charge is 2.11. The molecule has 0 aliphatic heterocycles. The highest BCUT2D eigenvalue weighted by molar-refractivity contribution is 6.56. The van der Waals surface area contributed by atoms with Gasteiger partial charge in [0.25, 0.3) is 0 Å². The van der Waals surface area contributed by atoms with Crippen LogP contribution in [0.2, 0.25) is 5.02 Å². The predicted octanol–water partition coefficient (Wildman–Crippen LogP) is 3.95. The van der Waals surface area contributed by atoms with Crippen LogP contribution in [0.5, 0.6) is 0 Å². The molecule has 0 amide bonds. The first-order chi connectivity index (χ1) is 6.65. The molecular weight excluding hydrogens is 240 g/mol. The third kappa shape index (κ3) is 3.16. The lowest BCUT2D eigenvalue weighted by Crippen LogP contribution is -2.10. The average molecular weight is 251 g/mol. The number of hydrogen-bond acceptors (Lipinski definition) is 1. The Kier molecular flexibility index (Phi) is 4.73. The van der Waals surface area contributed by atoms with Gasteiger partial charge in [-0.25, -0.2) is 0 Å². The van der Waals surface area contributed by atoms with E-state index in [0.717, 1.165) is 5.56 Å². The van der Waals surface area contributed by atoms with Crippen LogP contribution in [-0.2, 0) is 0 Å². The van der Waals surface area contributed by atoms with E-state index >= 15 is 0 Å². The molecule has 1 aromatic carbocycles. The number of aliphatic imine (C=N–C) groups is 1. The normalized spacial score (nSPS) is 12.2. The van der Waals surface area contributed by atoms with E-state index in [9.17, 15) is 0 Å². The molecular formula is C10H10Cl3N. The Balaban J connectivity index is 3.00. The summed E-state index contributed by atoms with van der Waals surface area (Å²) in [5.41, 5.74) is 1.60. The van der Waals surface area contributed by atoms with Crippen molar-refractivity contribution < 1.29 is 0 Å². The maximum absolute atomic E-state index is 5.80. The van der Waals surface area contributed by atoms with Crippen molar-refractivity contribution in [2.75, 3.05) is 6.54 Å². The van der Waals surface area contributed by atoms with Crippen LogP contribution in [0, 0.1) is 0 Å². The summed E-state index contributed by atoms with van der Waals surface area (Å²) in [6, 6.07) is 7.29. The first-order valence-corrected chi connectivity index (χ1v) is 5.48. The molecule has 0 aliphatic rings. The molecule has 0 bridgehead atoms. The molecule has 4 heteroatoms. The summed E-state index contributed by atoms with van der Waals surface area (Å²) in [6.07, 6.45) is 0. The number of hydrogen-bond donors (Lipinski definition) is 0. The Morgan fingerprint density at radius 2 is 1.86 bits per heavy atom. The molecule has 1 aromatic rings. The van der Waals surface area contributed by atoms with E-state index in [-0.39, 0.29) is 0 Å². The molecule has 0 unspecified atom stereocenters. The third-order valence-electron chi connectivity index (χ3n) is 1.68. The maximum atomic E-state index is 5.80. The zero-order chi connectivity index (χ0) is 10.6. The summed E-state index contributed by atoms with van der Waals surface area (Å²) in [5, 5.41) is 0.685. The van der Waals surface area contributed by atoms with Crippen LogP contribution in [0.25, 0.3) is 0 Å². The van der Waals surface area contributed by atoms with Gasteiger partial charge in [0, 0.05) is 11.6 Å². The SMILES string of the molecule is CCN=C(c1ccc(Cl)cc1)C(Cl)Cl. The largest absolute Gasteiger partial charge is 0.287 e. The minimum Gasteiger partial charge on any atom is -0.287 e. The Hall–Kier alpha value is -0.240. The Morgan fingerprint density at radius 3 is 2.29 bits per heavy atom. The van der Waals surface area contributed by atoms with Gasteiger partial charge in [0.15, 0.2) is 0 Å². The van der Waals surface area contributed by atoms with Crippen molar-refractivity contribution >= 4 is 40.5 Å². The fraction of sp³-hybridized carbons (Fsp3) is 0.300. The smallest absolute Gasteiger partial charge is 0.149 e. The van der Waals surface area contributed by atoms with E-state index in [1.165, 1.54) is 0 Å². The van der Waals surface area contributed by atoms with Crippen molar-refractivity contribution in [1.29, 1.82) is 0 Å². The highest BCUT2D eigenvalue weighted by atomic mass is 35.5. The highest BCUT2D eigenvalue weighted by Crippen LogP contribution is 2.16. The number of halogens is 3. The van der Waals surface area contributed by atoms with Crippen LogP contribution in [-0.4, -0.2) is 17.1 Å². The fourth-order valence-electron chi connectivity index (χ4n) is 1.08. The standard InChI is InChI=1S/C10H10Cl3N/c1-2-14-9(10(12)13)7-3-5-8(11)6-4-7/h3-6,10H,2H2,1H3. The molecule has 76 valence electrons. The average Bonchev–Trinajstić information content (AvgIpc) is 2.15. The summed E-state index contributed by atoms with van der Waals surface area (Å²) < 4.78 is 0. The minimum atomic E-state index is -0.601. The molecule has 0 heterocycles. The van der Waals surface area contributed by atoms with Gasteiger partial charge in [-0.2, -0.15) is 0 Å². The van der Waals surface area contributed by atoms with E-state index < -0.39 is 4.84 Å². The van der Waals surface area contributed by atoms with Gasteiger partial charge in [-0.3, -0.25) is 4.99 Å². The molecule has 0 atom stereocenters. The van der Waals surface area contributed by atoms with Gasteiger partial charge in [-0.05, 0) is 24.6 Å². The van der Waals surface area contributed by atoms with Crippen molar-refractivity contribution in [3.8, 4) is 0 Å². The van der Waals surface area contributed by atoms with Gasteiger partial charge in [0.2, 0.25) is 0 Å². The Bertz CT molecular complexity index is 317. The lowest BCUT2D eigenvalue weighted by molar-refractivity contribution is 1.12. The molecule has 0 radical (unpaired) electrons. The van der Waals surface area contributed by atoms with Crippen molar-refractivity contribution in [3.05, 3.63) is 34.9 Å². The molecule has 1 nitrogen and oxygen atoms in total. The van der Waals surface area contributed by atoms with Crippen LogP contribution in [0.1, 0.15) is 12.5 Å². The lowest BCUT2D eigenvalue weighted by atomic mass is 10.1. The summed E-state index contributed by atoms with van der Waals surface area (Å²) in [5.74, 6) is 0. The predicted molar refractivity (Wildman–Crippen MR) is 64.0 cm³/mol. The summed E-state index contributed by atoms with van der Waals surface area (Å²) >= 11 is 17.4. The second kappa shape index (κ2) is 5.59. The van der Waals surface area contributed by atoms with Crippen LogP contribution in [0.3, 0.4) is 0 Å². The fourth-order valence-corrected chi connectivity index (χ4v) is 1.59. The van der Waals surface area contributed by atoms with Crippen LogP contribution < -0.4 is 0 Å². The van der Waals surface area contributed by atoms with E-state index in [2.05, 4.69) is 4.99 Å². The van der Waals surface area contributed by atoms with Gasteiger partial charge >= 0.3 is 0 Å². The van der Waals surface area contributed by atoms with Gasteiger partial charge < -0.3 is 0 Å². The van der Waals surface area contributed by atoms with Gasteiger partial charge in [0.1, 0.15) is 4.84 Å². The second-order valence-electron chi connectivity index (χ2n) is 2.67. The van der Waals surface area contributed by atoms with Crippen LogP contribution >= 0.6 is 34.8 Å². The van der Waals surface area contributed by atoms with Gasteiger partial charge in [0.05, 0.1) is 5.71 Å². The summed E-state index contributed by atoms with van der Waals surface area (Å²) in [4.78, 5) is 3.63. The summed E-state index contributed by atoms with van der Waals surface area (Å²) in [7, 11) is 0. The van der Waals surface area contributed by atoms with Gasteiger partial charge in [-0.15, -0.1) is 0 Å². The molecule has 1 rings (SSSR count). The number of nitrogens with zero attached hydrogens (tertiary/aromatic N) is 1. The van der Waals surface area contributed by atoms with Crippen molar-refractivity contribution in [2.24, 2.45) is 4.99 Å². The second-order valence-corrected chi connectivity index (χ2v) is 4.20. The molecule has 0 fully saturated rings. The molecule has 0 spiro atoms. The molecule has 0 saturated carbocycles. The topological polar surface area (TPSA) is 12.4 Å². The Labute approximate surface area is 98.7 Å². The molecule has 14 heavy (non-hydrogen) atoms. The zero-order valence-electron chi connectivity index (χ0n) is 7.67. The van der Waals surface area contributed by atoms with E-state index in [0.29, 0.717) is 17.3 Å². The quantitative estimate of drug-likeness (QED) is 0.569. The molecule has 0 N–H and O–H groups in total. The number of rotatable bonds is 3. The zero-order valence-corrected chi connectivity index (χ0v) is 9.94.